The molecular weight excluding hydrogens is 354 g/mol. The third-order valence-corrected chi connectivity index (χ3v) is 7.13. The van der Waals surface area contributed by atoms with Gasteiger partial charge in [0.25, 0.3) is 5.70 Å². The molecule has 0 aliphatic heterocycles. The molecule has 126 valence electrons. The van der Waals surface area contributed by atoms with Gasteiger partial charge in [-0.15, -0.1) is 0 Å². The predicted molar refractivity (Wildman–Crippen MR) is 90.6 cm³/mol. The zero-order valence-electron chi connectivity index (χ0n) is 12.9. The molecule has 1 aliphatic carbocycles. The molecule has 2 aromatic heterocycles. The third-order valence-electron chi connectivity index (χ3n) is 4.40. The van der Waals surface area contributed by atoms with Crippen LogP contribution in [-0.4, -0.2) is 27.0 Å². The molecule has 0 saturated carbocycles. The normalized spacial score (nSPS) is 24.5. The Morgan fingerprint density at radius 2 is 2.12 bits per heavy atom. The summed E-state index contributed by atoms with van der Waals surface area (Å²) in [6, 6.07) is 5.09. The van der Waals surface area contributed by atoms with Crippen molar-refractivity contribution in [3.8, 4) is 0 Å². The van der Waals surface area contributed by atoms with Crippen LogP contribution in [-0.2, 0) is 10.0 Å². The molecule has 9 heteroatoms. The average molecular weight is 368 g/mol. The van der Waals surface area contributed by atoms with Gasteiger partial charge in [-0.3, -0.25) is 10.1 Å². The Bertz CT molecular complexity index is 1010. The lowest BCUT2D eigenvalue weighted by Crippen LogP contribution is -2.44. The van der Waals surface area contributed by atoms with E-state index in [0.29, 0.717) is 5.39 Å². The van der Waals surface area contributed by atoms with E-state index in [1.165, 1.54) is 25.4 Å². The van der Waals surface area contributed by atoms with Gasteiger partial charge in [-0.2, -0.15) is 0 Å². The lowest BCUT2D eigenvalue weighted by Gasteiger charge is -2.32. The van der Waals surface area contributed by atoms with Gasteiger partial charge in [0.2, 0.25) is 10.0 Å². The van der Waals surface area contributed by atoms with Crippen molar-refractivity contribution >= 4 is 32.7 Å². The Hall–Kier alpha value is -2.19. The summed E-state index contributed by atoms with van der Waals surface area (Å²) in [5, 5.41) is 11.8. The quantitative estimate of drug-likeness (QED) is 0.614. The van der Waals surface area contributed by atoms with Crippen molar-refractivity contribution in [3.63, 3.8) is 0 Å². The summed E-state index contributed by atoms with van der Waals surface area (Å²) in [4.78, 5) is 14.6. The monoisotopic (exact) mass is 367 g/mol. The summed E-state index contributed by atoms with van der Waals surface area (Å²) in [6.45, 7) is 3.11. The van der Waals surface area contributed by atoms with Gasteiger partial charge in [-0.25, -0.2) is 17.4 Å². The topological polar surface area (TPSA) is 95.1 Å². The second-order valence-electron chi connectivity index (χ2n) is 5.81. The molecule has 2 unspecified atom stereocenters. The van der Waals surface area contributed by atoms with E-state index in [1.807, 2.05) is 0 Å². The van der Waals surface area contributed by atoms with Crippen molar-refractivity contribution in [1.29, 1.82) is 0 Å². The van der Waals surface area contributed by atoms with Crippen molar-refractivity contribution in [3.05, 3.63) is 63.6 Å². The van der Waals surface area contributed by atoms with Crippen LogP contribution in [0, 0.1) is 16.0 Å². The molecule has 3 rings (SSSR count). The number of nitrogens with zero attached hydrogens (tertiary/aromatic N) is 3. The molecule has 2 heterocycles. The lowest BCUT2D eigenvalue weighted by molar-refractivity contribution is -0.420. The Morgan fingerprint density at radius 3 is 2.79 bits per heavy atom. The van der Waals surface area contributed by atoms with Crippen molar-refractivity contribution in [2.24, 2.45) is 5.92 Å². The highest BCUT2D eigenvalue weighted by atomic mass is 35.5. The van der Waals surface area contributed by atoms with E-state index in [1.54, 1.807) is 25.1 Å². The summed E-state index contributed by atoms with van der Waals surface area (Å²) in [7, 11) is -4.01. The smallest absolute Gasteiger partial charge is 0.258 e. The van der Waals surface area contributed by atoms with Gasteiger partial charge >= 0.3 is 0 Å². The number of rotatable bonds is 3. The molecule has 1 aliphatic rings. The predicted octanol–water partition coefficient (Wildman–Crippen LogP) is 2.91. The molecule has 2 atom stereocenters. The fourth-order valence-corrected chi connectivity index (χ4v) is 4.88. The molecule has 7 nitrogen and oxygen atoms in total. The van der Waals surface area contributed by atoms with E-state index in [4.69, 9.17) is 11.6 Å². The van der Waals surface area contributed by atoms with Gasteiger partial charge in [0.1, 0.15) is 9.78 Å². The minimum Gasteiger partial charge on any atom is -0.258 e. The van der Waals surface area contributed by atoms with Gasteiger partial charge in [-0.05, 0) is 25.1 Å². The van der Waals surface area contributed by atoms with Gasteiger partial charge < -0.3 is 0 Å². The van der Waals surface area contributed by atoms with Crippen LogP contribution >= 0.6 is 11.6 Å². The summed E-state index contributed by atoms with van der Waals surface area (Å²) >= 11 is 5.91. The van der Waals surface area contributed by atoms with Crippen LogP contribution in [0.15, 0.2) is 53.5 Å². The molecule has 0 saturated heterocycles. The first-order chi connectivity index (χ1) is 11.2. The number of halogens is 1. The fraction of sp³-hybridized carbons (Fsp3) is 0.267. The van der Waals surface area contributed by atoms with Crippen molar-refractivity contribution in [2.45, 2.75) is 18.6 Å². The zero-order valence-corrected chi connectivity index (χ0v) is 14.5. The van der Waals surface area contributed by atoms with Crippen LogP contribution in [0.3, 0.4) is 0 Å². The van der Waals surface area contributed by atoms with Crippen LogP contribution in [0.2, 0.25) is 0 Å². The Morgan fingerprint density at radius 1 is 1.42 bits per heavy atom. The number of fused-ring (bicyclic) bond motifs is 1. The Kier molecular flexibility index (Phi) is 3.76. The van der Waals surface area contributed by atoms with E-state index >= 15 is 0 Å². The van der Waals surface area contributed by atoms with Crippen LogP contribution in [0.25, 0.3) is 11.0 Å². The second kappa shape index (κ2) is 5.42. The summed E-state index contributed by atoms with van der Waals surface area (Å²) < 4.78 is 26.0. The van der Waals surface area contributed by atoms with Crippen LogP contribution in [0.4, 0.5) is 0 Å². The van der Waals surface area contributed by atoms with E-state index < -0.39 is 31.3 Å². The first-order valence-corrected chi connectivity index (χ1v) is 8.92. The van der Waals surface area contributed by atoms with Crippen molar-refractivity contribution in [1.82, 2.24) is 8.96 Å². The molecule has 0 bridgehead atoms. The number of hydrogen-bond donors (Lipinski definition) is 0. The number of aromatic nitrogens is 2. The molecular formula is C15H14ClN3O4S. The van der Waals surface area contributed by atoms with Crippen molar-refractivity contribution < 1.29 is 13.3 Å². The molecule has 0 spiro atoms. The largest absolute Gasteiger partial charge is 0.285 e. The van der Waals surface area contributed by atoms with Crippen LogP contribution < -0.4 is 0 Å². The highest BCUT2D eigenvalue weighted by molar-refractivity contribution is 7.91. The third kappa shape index (κ3) is 2.25. The van der Waals surface area contributed by atoms with Gasteiger partial charge in [0.05, 0.1) is 4.92 Å². The summed E-state index contributed by atoms with van der Waals surface area (Å²) in [5.41, 5.74) is -0.132. The maximum absolute atomic E-state index is 13.3. The molecule has 0 N–H and O–H groups in total. The highest BCUT2D eigenvalue weighted by Crippen LogP contribution is 2.39. The van der Waals surface area contributed by atoms with E-state index in [-0.39, 0.29) is 10.7 Å². The average Bonchev–Trinajstić information content (AvgIpc) is 2.95. The fourth-order valence-electron chi connectivity index (χ4n) is 2.74. The summed E-state index contributed by atoms with van der Waals surface area (Å²) in [6.07, 6.45) is 5.42. The van der Waals surface area contributed by atoms with Crippen LogP contribution in [0.1, 0.15) is 13.8 Å². The maximum atomic E-state index is 13.3. The van der Waals surface area contributed by atoms with Gasteiger partial charge in [0.15, 0.2) is 5.65 Å². The molecule has 0 amide bonds. The van der Waals surface area contributed by atoms with E-state index in [0.717, 1.165) is 10.0 Å². The van der Waals surface area contributed by atoms with E-state index in [9.17, 15) is 18.5 Å². The number of allylic oxidation sites excluding steroid dienone is 2. The Balaban J connectivity index is 2.24. The lowest BCUT2D eigenvalue weighted by atomic mass is 9.89. The standard InChI is InChI=1S/C15H14ClN3O4S/c1-10-8-12(16)13(19(20)21)9-15(10,2)24(22,23)18-7-5-11-4-3-6-17-14(11)18/h3-10H,1-2H3. The van der Waals surface area contributed by atoms with Gasteiger partial charge in [0, 0.05) is 29.8 Å². The van der Waals surface area contributed by atoms with E-state index in [2.05, 4.69) is 4.98 Å². The highest BCUT2D eigenvalue weighted by Gasteiger charge is 2.48. The first kappa shape index (κ1) is 16.7. The first-order valence-electron chi connectivity index (χ1n) is 7.10. The summed E-state index contributed by atoms with van der Waals surface area (Å²) in [5.74, 6) is -0.556. The number of pyridine rings is 1. The molecule has 0 radical (unpaired) electrons. The minimum absolute atomic E-state index is 0.0596. The zero-order chi connectivity index (χ0) is 17.7. The minimum atomic E-state index is -4.01. The molecule has 0 aromatic carbocycles. The number of nitro groups is 1. The maximum Gasteiger partial charge on any atom is 0.285 e. The van der Waals surface area contributed by atoms with Crippen molar-refractivity contribution in [2.75, 3.05) is 0 Å². The Labute approximate surface area is 143 Å². The second-order valence-corrected chi connectivity index (χ2v) is 8.44. The van der Waals surface area contributed by atoms with Gasteiger partial charge in [-0.1, -0.05) is 24.6 Å². The SMILES string of the molecule is CC1C=C(Cl)C([N+](=O)[O-])=CC1(C)S(=O)(=O)n1ccc2cccnc21. The molecule has 0 fully saturated rings. The molecule has 2 aromatic rings. The number of hydrogen-bond acceptors (Lipinski definition) is 5. The van der Waals surface area contributed by atoms with Crippen LogP contribution in [0.5, 0.6) is 0 Å². The molecule has 24 heavy (non-hydrogen) atoms.